The highest BCUT2D eigenvalue weighted by atomic mass is 19.4. The number of methoxy groups -OCH3 is 1. The number of hydrogen-bond acceptors (Lipinski definition) is 3. The van der Waals surface area contributed by atoms with E-state index in [4.69, 9.17) is 0 Å². The van der Waals surface area contributed by atoms with E-state index in [0.29, 0.717) is 0 Å². The predicted molar refractivity (Wildman–Crippen MR) is 45.3 cm³/mol. The molecule has 1 aromatic rings. The molecule has 0 bridgehead atoms. The topological polar surface area (TPSA) is 51.3 Å². The summed E-state index contributed by atoms with van der Waals surface area (Å²) in [5, 5.41) is 0. The van der Waals surface area contributed by atoms with E-state index in [-0.39, 0.29) is 6.07 Å². The van der Waals surface area contributed by atoms with Crippen molar-refractivity contribution in [2.45, 2.75) is 12.5 Å². The average molecular weight is 277 g/mol. The third kappa shape index (κ3) is 3.31. The molecule has 0 amide bonds. The molecule has 0 aliphatic carbocycles. The van der Waals surface area contributed by atoms with E-state index in [9.17, 15) is 31.1 Å². The zero-order chi connectivity index (χ0) is 14.1. The van der Waals surface area contributed by atoms with E-state index >= 15 is 0 Å². The Labute approximate surface area is 95.1 Å². The van der Waals surface area contributed by atoms with Crippen molar-refractivity contribution in [2.24, 2.45) is 0 Å². The van der Waals surface area contributed by atoms with Crippen LogP contribution >= 0.6 is 0 Å². The monoisotopic (exact) mass is 277 g/mol. The molecule has 102 valence electrons. The summed E-state index contributed by atoms with van der Waals surface area (Å²) >= 11 is 0. The molecule has 0 saturated carbocycles. The highest BCUT2D eigenvalue weighted by Crippen LogP contribution is 2.34. The first-order valence-corrected chi connectivity index (χ1v) is 4.19. The number of H-pyrrole nitrogens is 1. The molecule has 1 aromatic heterocycles. The van der Waals surface area contributed by atoms with Gasteiger partial charge in [0, 0.05) is 0 Å². The molecule has 0 radical (unpaired) electrons. The number of aromatic amines is 1. The first-order chi connectivity index (χ1) is 8.04. The molecule has 1 rings (SSSR count). The average Bonchev–Trinajstić information content (AvgIpc) is 2.12. The quantitative estimate of drug-likeness (QED) is 0.844. The third-order valence-electron chi connectivity index (χ3n) is 1.67. The van der Waals surface area contributed by atoms with Gasteiger partial charge in [0.15, 0.2) is 11.4 Å². The van der Waals surface area contributed by atoms with Crippen molar-refractivity contribution in [3.05, 3.63) is 22.0 Å². The summed E-state index contributed by atoms with van der Waals surface area (Å²) in [6, 6.07) is 0.210. The number of nitrogens with one attached hydrogen (secondary N) is 1. The molecule has 0 saturated heterocycles. The van der Waals surface area contributed by atoms with Crippen molar-refractivity contribution >= 4 is 0 Å². The summed E-state index contributed by atoms with van der Waals surface area (Å²) < 4.78 is 80.2. The van der Waals surface area contributed by atoms with Crippen LogP contribution in [-0.2, 0) is 6.18 Å². The first-order valence-electron chi connectivity index (χ1n) is 4.19. The Bertz CT molecular complexity index is 489. The summed E-state index contributed by atoms with van der Waals surface area (Å²) in [6.07, 6.45) is -10.3. The molecule has 10 heteroatoms. The number of aromatic nitrogens is 1. The van der Waals surface area contributed by atoms with Gasteiger partial charge in [0.25, 0.3) is 0 Å². The molecule has 0 spiro atoms. The molecule has 4 nitrogen and oxygen atoms in total. The Kier molecular flexibility index (Phi) is 3.49. The van der Waals surface area contributed by atoms with Gasteiger partial charge in [-0.2, -0.15) is 13.2 Å². The highest BCUT2D eigenvalue weighted by Gasteiger charge is 2.39. The predicted octanol–water partition coefficient (Wildman–Crippen LogP) is 2.30. The Balaban J connectivity index is 3.36. The van der Waals surface area contributed by atoms with Crippen molar-refractivity contribution < 1.29 is 35.8 Å². The van der Waals surface area contributed by atoms with Gasteiger partial charge < -0.3 is 14.5 Å². The second-order valence-electron chi connectivity index (χ2n) is 2.95. The van der Waals surface area contributed by atoms with E-state index < -0.39 is 35.3 Å². The number of halogens is 6. The van der Waals surface area contributed by atoms with Gasteiger partial charge in [-0.3, -0.25) is 4.79 Å². The van der Waals surface area contributed by atoms with Gasteiger partial charge >= 0.3 is 12.5 Å². The minimum Gasteiger partial charge on any atom is -0.491 e. The number of ether oxygens (including phenoxy) is 2. The molecule has 18 heavy (non-hydrogen) atoms. The van der Waals surface area contributed by atoms with Crippen molar-refractivity contribution in [2.75, 3.05) is 7.11 Å². The fourth-order valence-corrected chi connectivity index (χ4v) is 1.11. The molecule has 0 aromatic carbocycles. The number of rotatable bonds is 2. The highest BCUT2D eigenvalue weighted by molar-refractivity contribution is 5.33. The smallest absolute Gasteiger partial charge is 0.491 e. The molecule has 0 atom stereocenters. The van der Waals surface area contributed by atoms with Crippen molar-refractivity contribution in [1.82, 2.24) is 4.98 Å². The van der Waals surface area contributed by atoms with Crippen molar-refractivity contribution in [3.63, 3.8) is 0 Å². The van der Waals surface area contributed by atoms with Crippen LogP contribution in [0.1, 0.15) is 5.69 Å². The van der Waals surface area contributed by atoms with Gasteiger partial charge in [0.1, 0.15) is 0 Å². The molecule has 1 N–H and O–H groups in total. The van der Waals surface area contributed by atoms with Crippen LogP contribution in [0.15, 0.2) is 10.9 Å². The Morgan fingerprint density at radius 1 is 1.17 bits per heavy atom. The molecule has 0 aliphatic heterocycles. The van der Waals surface area contributed by atoms with Crippen LogP contribution in [-0.4, -0.2) is 18.5 Å². The van der Waals surface area contributed by atoms with Crippen LogP contribution in [0.2, 0.25) is 0 Å². The van der Waals surface area contributed by atoms with E-state index in [0.717, 1.165) is 7.11 Å². The summed E-state index contributed by atoms with van der Waals surface area (Å²) in [5.74, 6) is -2.52. The lowest BCUT2D eigenvalue weighted by atomic mass is 10.3. The maximum Gasteiger partial charge on any atom is 0.574 e. The van der Waals surface area contributed by atoms with Crippen LogP contribution in [0.25, 0.3) is 0 Å². The second-order valence-corrected chi connectivity index (χ2v) is 2.95. The SMILES string of the molecule is COc1c(C(F)(F)F)[nH]c(OC(F)(F)F)cc1=O. The van der Waals surface area contributed by atoms with Crippen molar-refractivity contribution in [3.8, 4) is 11.6 Å². The largest absolute Gasteiger partial charge is 0.574 e. The van der Waals surface area contributed by atoms with Crippen LogP contribution in [0.5, 0.6) is 11.6 Å². The van der Waals surface area contributed by atoms with Crippen LogP contribution < -0.4 is 14.9 Å². The van der Waals surface area contributed by atoms with Gasteiger partial charge in [-0.1, -0.05) is 0 Å². The lowest BCUT2D eigenvalue weighted by molar-refractivity contribution is -0.276. The summed E-state index contributed by atoms with van der Waals surface area (Å²) in [7, 11) is 0.782. The fraction of sp³-hybridized carbons (Fsp3) is 0.375. The van der Waals surface area contributed by atoms with Gasteiger partial charge in [0.05, 0.1) is 13.2 Å². The molecule has 0 unspecified atom stereocenters. The van der Waals surface area contributed by atoms with Crippen LogP contribution in [0.4, 0.5) is 26.3 Å². The minimum atomic E-state index is -5.22. The number of alkyl halides is 6. The zero-order valence-corrected chi connectivity index (χ0v) is 8.57. The Morgan fingerprint density at radius 2 is 1.72 bits per heavy atom. The first kappa shape index (κ1) is 14.2. The number of pyridine rings is 1. The maximum atomic E-state index is 12.4. The van der Waals surface area contributed by atoms with Crippen LogP contribution in [0.3, 0.4) is 0 Å². The molecule has 1 heterocycles. The van der Waals surface area contributed by atoms with Gasteiger partial charge in [0.2, 0.25) is 11.3 Å². The van der Waals surface area contributed by atoms with E-state index in [2.05, 4.69) is 9.47 Å². The summed E-state index contributed by atoms with van der Waals surface area (Å²) in [5.41, 5.74) is -3.14. The summed E-state index contributed by atoms with van der Waals surface area (Å²) in [6.45, 7) is 0. The lowest BCUT2D eigenvalue weighted by Gasteiger charge is -2.14. The standard InChI is InChI=1S/C8H5F6NO3/c1-17-5-3(16)2-4(18-8(12,13)14)15-6(5)7(9,10)11/h2H,1H3,(H,15,16). The van der Waals surface area contributed by atoms with Gasteiger partial charge in [-0.15, -0.1) is 13.2 Å². The minimum absolute atomic E-state index is 0.210. The zero-order valence-electron chi connectivity index (χ0n) is 8.57. The van der Waals surface area contributed by atoms with E-state index in [1.165, 1.54) is 4.98 Å². The van der Waals surface area contributed by atoms with Crippen LogP contribution in [0, 0.1) is 0 Å². The van der Waals surface area contributed by atoms with E-state index in [1.807, 2.05) is 0 Å². The molecule has 0 fully saturated rings. The molecule has 0 aliphatic rings. The third-order valence-corrected chi connectivity index (χ3v) is 1.67. The Hall–Kier alpha value is -1.87. The molecular formula is C8H5F6NO3. The number of hydrogen-bond donors (Lipinski definition) is 1. The maximum absolute atomic E-state index is 12.4. The normalized spacial score (nSPS) is 12.4. The lowest BCUT2D eigenvalue weighted by Crippen LogP contribution is -2.22. The fourth-order valence-electron chi connectivity index (χ4n) is 1.11. The van der Waals surface area contributed by atoms with Gasteiger partial charge in [-0.25, -0.2) is 0 Å². The Morgan fingerprint density at radius 3 is 2.11 bits per heavy atom. The van der Waals surface area contributed by atoms with Gasteiger partial charge in [-0.05, 0) is 0 Å². The van der Waals surface area contributed by atoms with E-state index in [1.54, 1.807) is 0 Å². The molecular weight excluding hydrogens is 272 g/mol. The second kappa shape index (κ2) is 4.42. The van der Waals surface area contributed by atoms with Crippen molar-refractivity contribution in [1.29, 1.82) is 0 Å². The summed E-state index contributed by atoms with van der Waals surface area (Å²) in [4.78, 5) is 12.4.